The smallest absolute Gasteiger partial charge is 0.0417 e. The predicted octanol–water partition coefficient (Wildman–Crippen LogP) is 7.21. The van der Waals surface area contributed by atoms with Crippen molar-refractivity contribution >= 4 is 11.4 Å². The van der Waals surface area contributed by atoms with Gasteiger partial charge in [-0.3, -0.25) is 0 Å². The van der Waals surface area contributed by atoms with E-state index in [4.69, 9.17) is 0 Å². The molecule has 0 saturated carbocycles. The van der Waals surface area contributed by atoms with Gasteiger partial charge in [-0.2, -0.15) is 0 Å². The van der Waals surface area contributed by atoms with Crippen LogP contribution in [0.25, 0.3) is 0 Å². The third-order valence-electron chi connectivity index (χ3n) is 6.03. The maximum Gasteiger partial charge on any atom is 0.0417 e. The molecule has 0 saturated heterocycles. The van der Waals surface area contributed by atoms with Crippen molar-refractivity contribution in [2.45, 2.75) is 78.1 Å². The fourth-order valence-corrected chi connectivity index (χ4v) is 3.99. The number of hydrogen-bond donors (Lipinski definition) is 1. The standard InChI is InChI=1S/C24H33N/c1-16(2)18-9-8-10-19(14-18)25-22-15-21-20(13-17(22)3)23(4,5)11-12-24(21,6)7/h8-10,13-16,25H,11-12H2,1-7H3. The van der Waals surface area contributed by atoms with E-state index in [1.165, 1.54) is 46.5 Å². The number of hydrogen-bond acceptors (Lipinski definition) is 1. The molecule has 2 aromatic rings. The normalized spacial score (nSPS) is 18.1. The largest absolute Gasteiger partial charge is 0.355 e. The monoisotopic (exact) mass is 335 g/mol. The van der Waals surface area contributed by atoms with E-state index in [-0.39, 0.29) is 10.8 Å². The Hall–Kier alpha value is -1.76. The van der Waals surface area contributed by atoms with Crippen molar-refractivity contribution in [2.24, 2.45) is 0 Å². The molecule has 1 aliphatic carbocycles. The van der Waals surface area contributed by atoms with Gasteiger partial charge in [-0.05, 0) is 77.0 Å². The summed E-state index contributed by atoms with van der Waals surface area (Å²) in [5, 5.41) is 3.68. The van der Waals surface area contributed by atoms with Gasteiger partial charge in [0.15, 0.2) is 0 Å². The van der Waals surface area contributed by atoms with Gasteiger partial charge in [-0.1, -0.05) is 59.7 Å². The quantitative estimate of drug-likeness (QED) is 0.624. The van der Waals surface area contributed by atoms with Crippen LogP contribution in [0.15, 0.2) is 36.4 Å². The highest BCUT2D eigenvalue weighted by atomic mass is 14.9. The number of anilines is 2. The van der Waals surface area contributed by atoms with Crippen LogP contribution in [0.2, 0.25) is 0 Å². The second-order valence-corrected chi connectivity index (χ2v) is 9.39. The third kappa shape index (κ3) is 3.47. The fraction of sp³-hybridized carbons (Fsp3) is 0.500. The van der Waals surface area contributed by atoms with Gasteiger partial charge in [-0.25, -0.2) is 0 Å². The van der Waals surface area contributed by atoms with E-state index in [2.05, 4.69) is 90.2 Å². The molecule has 0 aliphatic heterocycles. The summed E-state index contributed by atoms with van der Waals surface area (Å²) in [6.45, 7) is 16.3. The maximum absolute atomic E-state index is 3.68. The van der Waals surface area contributed by atoms with E-state index >= 15 is 0 Å². The summed E-state index contributed by atoms with van der Waals surface area (Å²) in [6.07, 6.45) is 2.51. The maximum atomic E-state index is 3.68. The molecule has 0 bridgehead atoms. The van der Waals surface area contributed by atoms with Gasteiger partial charge in [0, 0.05) is 11.4 Å². The van der Waals surface area contributed by atoms with E-state index in [1.54, 1.807) is 0 Å². The molecule has 1 heteroatoms. The molecule has 2 aromatic carbocycles. The van der Waals surface area contributed by atoms with E-state index < -0.39 is 0 Å². The molecule has 0 heterocycles. The molecule has 0 fully saturated rings. The van der Waals surface area contributed by atoms with Crippen LogP contribution in [-0.2, 0) is 10.8 Å². The number of rotatable bonds is 3. The van der Waals surface area contributed by atoms with Crippen LogP contribution in [0.3, 0.4) is 0 Å². The first-order chi connectivity index (χ1) is 11.6. The lowest BCUT2D eigenvalue weighted by molar-refractivity contribution is 0.332. The van der Waals surface area contributed by atoms with Crippen molar-refractivity contribution in [3.05, 3.63) is 58.7 Å². The molecule has 0 atom stereocenters. The van der Waals surface area contributed by atoms with Crippen molar-refractivity contribution in [1.29, 1.82) is 0 Å². The summed E-state index contributed by atoms with van der Waals surface area (Å²) in [7, 11) is 0. The van der Waals surface area contributed by atoms with Gasteiger partial charge in [0.1, 0.15) is 0 Å². The molecule has 1 N–H and O–H groups in total. The zero-order valence-corrected chi connectivity index (χ0v) is 17.0. The van der Waals surface area contributed by atoms with Crippen LogP contribution in [0.1, 0.15) is 82.6 Å². The Morgan fingerprint density at radius 3 is 2.08 bits per heavy atom. The van der Waals surface area contributed by atoms with Crippen LogP contribution < -0.4 is 5.32 Å². The minimum absolute atomic E-state index is 0.245. The summed E-state index contributed by atoms with van der Waals surface area (Å²) in [4.78, 5) is 0. The second-order valence-electron chi connectivity index (χ2n) is 9.39. The Morgan fingerprint density at radius 1 is 0.880 bits per heavy atom. The van der Waals surface area contributed by atoms with Crippen molar-refractivity contribution in [1.82, 2.24) is 0 Å². The lowest BCUT2D eigenvalue weighted by Gasteiger charge is -2.42. The van der Waals surface area contributed by atoms with Gasteiger partial charge in [0.25, 0.3) is 0 Å². The number of nitrogens with one attached hydrogen (secondary N) is 1. The number of aryl methyl sites for hydroxylation is 1. The Kier molecular flexibility index (Phi) is 4.47. The summed E-state index contributed by atoms with van der Waals surface area (Å²) in [6, 6.07) is 13.6. The predicted molar refractivity (Wildman–Crippen MR) is 110 cm³/mol. The minimum atomic E-state index is 0.245. The summed E-state index contributed by atoms with van der Waals surface area (Å²) in [5.74, 6) is 0.547. The van der Waals surface area contributed by atoms with Gasteiger partial charge in [-0.15, -0.1) is 0 Å². The molecule has 3 rings (SSSR count). The summed E-state index contributed by atoms with van der Waals surface area (Å²) in [5.41, 5.74) is 8.69. The molecule has 1 nitrogen and oxygen atoms in total. The molecule has 0 unspecified atom stereocenters. The lowest BCUT2D eigenvalue weighted by atomic mass is 9.63. The Morgan fingerprint density at radius 2 is 1.48 bits per heavy atom. The van der Waals surface area contributed by atoms with Gasteiger partial charge >= 0.3 is 0 Å². The highest BCUT2D eigenvalue weighted by Crippen LogP contribution is 2.47. The molecule has 134 valence electrons. The molecule has 0 amide bonds. The summed E-state index contributed by atoms with van der Waals surface area (Å²) >= 11 is 0. The number of fused-ring (bicyclic) bond motifs is 1. The zero-order chi connectivity index (χ0) is 18.4. The van der Waals surface area contributed by atoms with E-state index in [0.29, 0.717) is 5.92 Å². The average Bonchev–Trinajstić information content (AvgIpc) is 2.54. The summed E-state index contributed by atoms with van der Waals surface area (Å²) < 4.78 is 0. The topological polar surface area (TPSA) is 12.0 Å². The highest BCUT2D eigenvalue weighted by molar-refractivity contribution is 5.67. The first-order valence-electron chi connectivity index (χ1n) is 9.63. The molecule has 1 aliphatic rings. The fourth-order valence-electron chi connectivity index (χ4n) is 3.99. The third-order valence-corrected chi connectivity index (χ3v) is 6.03. The second kappa shape index (κ2) is 6.20. The molecule has 0 spiro atoms. The van der Waals surface area contributed by atoms with E-state index in [1.807, 2.05) is 0 Å². The number of benzene rings is 2. The molecular formula is C24H33N. The van der Waals surface area contributed by atoms with Crippen LogP contribution in [0.5, 0.6) is 0 Å². The van der Waals surface area contributed by atoms with Crippen LogP contribution in [0.4, 0.5) is 11.4 Å². The average molecular weight is 336 g/mol. The lowest BCUT2D eigenvalue weighted by Crippen LogP contribution is -2.34. The van der Waals surface area contributed by atoms with E-state index in [9.17, 15) is 0 Å². The van der Waals surface area contributed by atoms with Gasteiger partial charge < -0.3 is 5.32 Å². The van der Waals surface area contributed by atoms with Gasteiger partial charge in [0.05, 0.1) is 0 Å². The molecule has 0 radical (unpaired) electrons. The molecular weight excluding hydrogens is 302 g/mol. The first kappa shape index (κ1) is 18.0. The van der Waals surface area contributed by atoms with Crippen molar-refractivity contribution in [3.63, 3.8) is 0 Å². The van der Waals surface area contributed by atoms with Crippen molar-refractivity contribution in [3.8, 4) is 0 Å². The van der Waals surface area contributed by atoms with Crippen LogP contribution >= 0.6 is 0 Å². The Balaban J connectivity index is 2.03. The SMILES string of the molecule is Cc1cc2c(cc1Nc1cccc(C(C)C)c1)C(C)(C)CCC2(C)C. The molecule has 0 aromatic heterocycles. The molecule has 25 heavy (non-hydrogen) atoms. The Labute approximate surface area is 153 Å². The van der Waals surface area contributed by atoms with Gasteiger partial charge in [0.2, 0.25) is 0 Å². The first-order valence-corrected chi connectivity index (χ1v) is 9.63. The van der Waals surface area contributed by atoms with Crippen molar-refractivity contribution < 1.29 is 0 Å². The minimum Gasteiger partial charge on any atom is -0.355 e. The zero-order valence-electron chi connectivity index (χ0n) is 17.0. The van der Waals surface area contributed by atoms with Crippen molar-refractivity contribution in [2.75, 3.05) is 5.32 Å². The Bertz CT molecular complexity index is 781. The van der Waals surface area contributed by atoms with E-state index in [0.717, 1.165) is 0 Å². The van der Waals surface area contributed by atoms with Crippen LogP contribution in [0, 0.1) is 6.92 Å². The van der Waals surface area contributed by atoms with Crippen LogP contribution in [-0.4, -0.2) is 0 Å². The highest BCUT2D eigenvalue weighted by Gasteiger charge is 2.37.